The molecule has 1 unspecified atom stereocenters. The zero-order valence-electron chi connectivity index (χ0n) is 18.2. The van der Waals surface area contributed by atoms with Gasteiger partial charge in [0.1, 0.15) is 23.1 Å². The molecule has 0 saturated carbocycles. The zero-order valence-corrected chi connectivity index (χ0v) is 18.2. The maximum absolute atomic E-state index is 11.8. The van der Waals surface area contributed by atoms with E-state index >= 15 is 0 Å². The Hall–Kier alpha value is -4.20. The molecule has 1 atom stereocenters. The van der Waals surface area contributed by atoms with Crippen LogP contribution < -0.4 is 0 Å². The van der Waals surface area contributed by atoms with E-state index in [1.807, 2.05) is 13.0 Å². The fraction of sp³-hybridized carbons (Fsp3) is 0.200. The summed E-state index contributed by atoms with van der Waals surface area (Å²) in [5, 5.41) is 21.0. The third kappa shape index (κ3) is 4.69. The molecule has 168 valence electrons. The summed E-state index contributed by atoms with van der Waals surface area (Å²) in [7, 11) is 1.32. The van der Waals surface area contributed by atoms with Crippen molar-refractivity contribution in [1.82, 2.24) is 15.0 Å². The van der Waals surface area contributed by atoms with Crippen LogP contribution in [0.1, 0.15) is 35.4 Å². The molecule has 2 N–H and O–H groups in total. The number of benzene rings is 2. The first-order valence-electron chi connectivity index (χ1n) is 10.5. The molecule has 3 aromatic rings. The standard InChI is InChI=1S/C25H23N3O5/c1-3-33-17-12-13-19(21(30)14-17)24-27-22(15-8-10-16(11-9-15)25(31)32-2)26-23(28-24)18-6-4-5-7-20(18)29/h4-12,14,19,29-30H,3,13H2,1-2H3. The number of carbonyl (C=O) groups excluding carboxylic acids is 1. The first kappa shape index (κ1) is 22.0. The average Bonchev–Trinajstić information content (AvgIpc) is 2.84. The molecular formula is C25H23N3O5. The van der Waals surface area contributed by atoms with Gasteiger partial charge in [-0.3, -0.25) is 0 Å². The molecule has 0 saturated heterocycles. The molecule has 1 heterocycles. The third-order valence-corrected chi connectivity index (χ3v) is 5.19. The summed E-state index contributed by atoms with van der Waals surface area (Å²) in [6.07, 6.45) is 3.89. The summed E-state index contributed by atoms with van der Waals surface area (Å²) in [5.74, 6) is 0.762. The van der Waals surface area contributed by atoms with Crippen LogP contribution in [-0.2, 0) is 9.47 Å². The molecule has 0 radical (unpaired) electrons. The lowest BCUT2D eigenvalue weighted by atomic mass is 9.96. The van der Waals surface area contributed by atoms with Crippen LogP contribution in [0.15, 0.2) is 72.2 Å². The lowest BCUT2D eigenvalue weighted by molar-refractivity contribution is 0.0600. The number of aliphatic hydroxyl groups excluding tert-OH is 1. The number of phenolic OH excluding ortho intramolecular Hbond substituents is 1. The van der Waals surface area contributed by atoms with E-state index in [1.54, 1.807) is 54.6 Å². The van der Waals surface area contributed by atoms with E-state index in [-0.39, 0.29) is 17.3 Å². The maximum atomic E-state index is 11.8. The smallest absolute Gasteiger partial charge is 0.337 e. The number of aromatic hydroxyl groups is 1. The minimum atomic E-state index is -0.491. The van der Waals surface area contributed by atoms with E-state index < -0.39 is 11.9 Å². The number of aromatic nitrogens is 3. The van der Waals surface area contributed by atoms with Gasteiger partial charge in [0.2, 0.25) is 0 Å². The first-order valence-corrected chi connectivity index (χ1v) is 10.5. The summed E-state index contributed by atoms with van der Waals surface area (Å²) in [5.41, 5.74) is 1.49. The maximum Gasteiger partial charge on any atom is 0.337 e. The molecule has 0 bridgehead atoms. The second kappa shape index (κ2) is 9.52. The van der Waals surface area contributed by atoms with Crippen molar-refractivity contribution in [3.8, 4) is 28.5 Å². The number of hydrogen-bond donors (Lipinski definition) is 2. The number of carbonyl (C=O) groups is 1. The molecule has 1 aliphatic carbocycles. The van der Waals surface area contributed by atoms with Crippen LogP contribution in [0.2, 0.25) is 0 Å². The normalized spacial score (nSPS) is 15.4. The van der Waals surface area contributed by atoms with Gasteiger partial charge in [-0.15, -0.1) is 0 Å². The van der Waals surface area contributed by atoms with Gasteiger partial charge in [0.05, 0.1) is 30.8 Å². The van der Waals surface area contributed by atoms with Crippen LogP contribution in [0.25, 0.3) is 22.8 Å². The van der Waals surface area contributed by atoms with E-state index in [2.05, 4.69) is 15.0 Å². The molecular weight excluding hydrogens is 422 g/mol. The van der Waals surface area contributed by atoms with Crippen LogP contribution in [0.3, 0.4) is 0 Å². The van der Waals surface area contributed by atoms with E-state index in [0.717, 1.165) is 0 Å². The Labute approximate surface area is 190 Å². The van der Waals surface area contributed by atoms with Gasteiger partial charge in [0, 0.05) is 11.6 Å². The molecule has 0 fully saturated rings. The Morgan fingerprint density at radius 2 is 1.76 bits per heavy atom. The Kier molecular flexibility index (Phi) is 6.35. The molecule has 2 aromatic carbocycles. The van der Waals surface area contributed by atoms with E-state index in [1.165, 1.54) is 7.11 Å². The summed E-state index contributed by atoms with van der Waals surface area (Å²) in [4.78, 5) is 25.5. The number of ether oxygens (including phenoxy) is 2. The highest BCUT2D eigenvalue weighted by Crippen LogP contribution is 2.33. The van der Waals surface area contributed by atoms with Crippen LogP contribution in [0.4, 0.5) is 0 Å². The zero-order chi connectivity index (χ0) is 23.4. The number of methoxy groups -OCH3 is 1. The van der Waals surface area contributed by atoms with Gasteiger partial charge in [-0.1, -0.05) is 24.3 Å². The molecule has 4 rings (SSSR count). The van der Waals surface area contributed by atoms with Crippen molar-refractivity contribution < 1.29 is 24.5 Å². The summed E-state index contributed by atoms with van der Waals surface area (Å²) < 4.78 is 10.2. The number of allylic oxidation sites excluding steroid dienone is 3. The second-order valence-electron chi connectivity index (χ2n) is 7.32. The van der Waals surface area contributed by atoms with Crippen molar-refractivity contribution in [1.29, 1.82) is 0 Å². The number of phenols is 1. The topological polar surface area (TPSA) is 115 Å². The largest absolute Gasteiger partial charge is 0.511 e. The van der Waals surface area contributed by atoms with Crippen molar-refractivity contribution in [3.63, 3.8) is 0 Å². The third-order valence-electron chi connectivity index (χ3n) is 5.19. The fourth-order valence-corrected chi connectivity index (χ4v) is 3.50. The van der Waals surface area contributed by atoms with Crippen LogP contribution >= 0.6 is 0 Å². The van der Waals surface area contributed by atoms with Gasteiger partial charge in [-0.2, -0.15) is 0 Å². The summed E-state index contributed by atoms with van der Waals surface area (Å²) in [6.45, 7) is 2.37. The van der Waals surface area contributed by atoms with E-state index in [4.69, 9.17) is 9.47 Å². The predicted molar refractivity (Wildman–Crippen MR) is 121 cm³/mol. The Balaban J connectivity index is 1.79. The Bertz CT molecular complexity index is 1240. The fourth-order valence-electron chi connectivity index (χ4n) is 3.50. The predicted octanol–water partition coefficient (Wildman–Crippen LogP) is 4.55. The number of para-hydroxylation sites is 1. The summed E-state index contributed by atoms with van der Waals surface area (Å²) in [6, 6.07) is 13.4. The highest BCUT2D eigenvalue weighted by atomic mass is 16.5. The Morgan fingerprint density at radius 1 is 1.03 bits per heavy atom. The number of hydrogen-bond acceptors (Lipinski definition) is 8. The quantitative estimate of drug-likeness (QED) is 0.531. The van der Waals surface area contributed by atoms with Crippen LogP contribution in [0.5, 0.6) is 5.75 Å². The number of aliphatic hydroxyl groups is 1. The number of esters is 1. The lowest BCUT2D eigenvalue weighted by Crippen LogP contribution is -2.13. The molecule has 0 amide bonds. The van der Waals surface area contributed by atoms with Gasteiger partial charge < -0.3 is 19.7 Å². The lowest BCUT2D eigenvalue weighted by Gasteiger charge is -2.20. The van der Waals surface area contributed by atoms with Gasteiger partial charge in [-0.05, 0) is 43.7 Å². The highest BCUT2D eigenvalue weighted by molar-refractivity contribution is 5.89. The van der Waals surface area contributed by atoms with Gasteiger partial charge in [0.25, 0.3) is 0 Å². The van der Waals surface area contributed by atoms with Crippen molar-refractivity contribution in [3.05, 3.63) is 83.6 Å². The molecule has 33 heavy (non-hydrogen) atoms. The molecule has 0 spiro atoms. The van der Waals surface area contributed by atoms with Gasteiger partial charge >= 0.3 is 5.97 Å². The number of rotatable bonds is 6. The second-order valence-corrected chi connectivity index (χ2v) is 7.32. The van der Waals surface area contributed by atoms with Crippen molar-refractivity contribution >= 4 is 5.97 Å². The van der Waals surface area contributed by atoms with E-state index in [0.29, 0.717) is 47.1 Å². The monoisotopic (exact) mass is 445 g/mol. The molecule has 0 aliphatic heterocycles. The van der Waals surface area contributed by atoms with E-state index in [9.17, 15) is 15.0 Å². The Morgan fingerprint density at radius 3 is 2.42 bits per heavy atom. The molecule has 8 heteroatoms. The minimum Gasteiger partial charge on any atom is -0.511 e. The molecule has 1 aromatic heterocycles. The highest BCUT2D eigenvalue weighted by Gasteiger charge is 2.25. The molecule has 1 aliphatic rings. The van der Waals surface area contributed by atoms with Crippen LogP contribution in [-0.4, -0.2) is 44.9 Å². The van der Waals surface area contributed by atoms with Gasteiger partial charge in [-0.25, -0.2) is 19.7 Å². The van der Waals surface area contributed by atoms with Crippen molar-refractivity contribution in [2.45, 2.75) is 19.3 Å². The minimum absolute atomic E-state index is 0.0311. The SMILES string of the molecule is CCOC1=CCC(c2nc(-c3ccc(C(=O)OC)cc3)nc(-c3ccccc3O)n2)C(O)=C1. The summed E-state index contributed by atoms with van der Waals surface area (Å²) >= 11 is 0. The molecule has 8 nitrogen and oxygen atoms in total. The first-order chi connectivity index (χ1) is 16.0. The number of nitrogens with zero attached hydrogens (tertiary/aromatic N) is 3. The van der Waals surface area contributed by atoms with Crippen LogP contribution in [0, 0.1) is 0 Å². The average molecular weight is 445 g/mol. The van der Waals surface area contributed by atoms with Crippen molar-refractivity contribution in [2.75, 3.05) is 13.7 Å². The van der Waals surface area contributed by atoms with Crippen molar-refractivity contribution in [2.24, 2.45) is 0 Å². The van der Waals surface area contributed by atoms with Gasteiger partial charge in [0.15, 0.2) is 11.6 Å².